The van der Waals surface area contributed by atoms with Crippen LogP contribution >= 0.6 is 0 Å². The van der Waals surface area contributed by atoms with Gasteiger partial charge in [-0.2, -0.15) is 0 Å². The van der Waals surface area contributed by atoms with E-state index >= 15 is 0 Å². The van der Waals surface area contributed by atoms with Gasteiger partial charge in [0.2, 0.25) is 0 Å². The van der Waals surface area contributed by atoms with Crippen LogP contribution in [0.5, 0.6) is 0 Å². The first-order valence-electron chi connectivity index (χ1n) is 8.46. The Morgan fingerprint density at radius 3 is 2.35 bits per heavy atom. The van der Waals surface area contributed by atoms with E-state index in [9.17, 15) is 14.4 Å². The molecular weight excluding hydrogens is 330 g/mol. The standard InChI is InChI=1S/C20H21N3O3/c1-5-14-6-8-16(9-7-14)23-12(2)10-15(13(23)3)11-17-18(24)21-20(26)22(4)19(17)25/h6-11H,5H2,1-4H3,(H,21,24,26)/b17-11-. The number of carbonyl (C=O) groups excluding carboxylic acids is 3. The van der Waals surface area contributed by atoms with Crippen LogP contribution in [0.3, 0.4) is 0 Å². The molecule has 1 N–H and O–H groups in total. The Labute approximate surface area is 152 Å². The summed E-state index contributed by atoms with van der Waals surface area (Å²) in [6.07, 6.45) is 2.52. The molecule has 2 heterocycles. The second-order valence-corrected chi connectivity index (χ2v) is 6.36. The summed E-state index contributed by atoms with van der Waals surface area (Å²) in [6.45, 7) is 6.02. The van der Waals surface area contributed by atoms with Gasteiger partial charge in [0.05, 0.1) is 0 Å². The van der Waals surface area contributed by atoms with E-state index in [1.807, 2.05) is 19.9 Å². The lowest BCUT2D eigenvalue weighted by Gasteiger charge is -2.22. The van der Waals surface area contributed by atoms with Crippen LogP contribution in [0, 0.1) is 13.8 Å². The van der Waals surface area contributed by atoms with Crippen LogP contribution in [-0.2, 0) is 16.0 Å². The fourth-order valence-electron chi connectivity index (χ4n) is 3.11. The number of nitrogens with zero attached hydrogens (tertiary/aromatic N) is 2. The number of aryl methyl sites for hydroxylation is 2. The van der Waals surface area contributed by atoms with Crippen molar-refractivity contribution < 1.29 is 14.4 Å². The van der Waals surface area contributed by atoms with Crippen molar-refractivity contribution in [3.8, 4) is 5.69 Å². The molecule has 0 aliphatic carbocycles. The molecule has 4 amide bonds. The lowest BCUT2D eigenvalue weighted by Crippen LogP contribution is -2.52. The average Bonchev–Trinajstić information content (AvgIpc) is 2.90. The highest BCUT2D eigenvalue weighted by Gasteiger charge is 2.33. The van der Waals surface area contributed by atoms with Crippen molar-refractivity contribution in [1.82, 2.24) is 14.8 Å². The molecule has 0 unspecified atom stereocenters. The Morgan fingerprint density at radius 1 is 1.08 bits per heavy atom. The molecule has 0 atom stereocenters. The van der Waals surface area contributed by atoms with Crippen LogP contribution in [0.15, 0.2) is 35.9 Å². The lowest BCUT2D eigenvalue weighted by atomic mass is 10.1. The van der Waals surface area contributed by atoms with E-state index in [2.05, 4.69) is 41.1 Å². The molecule has 3 rings (SSSR count). The number of amides is 4. The van der Waals surface area contributed by atoms with Gasteiger partial charge in [-0.3, -0.25) is 19.8 Å². The number of hydrogen-bond donors (Lipinski definition) is 1. The first-order chi connectivity index (χ1) is 12.3. The summed E-state index contributed by atoms with van der Waals surface area (Å²) in [5.41, 5.74) is 4.91. The number of barbiturate groups is 1. The lowest BCUT2D eigenvalue weighted by molar-refractivity contribution is -0.129. The largest absolute Gasteiger partial charge is 0.331 e. The molecule has 0 bridgehead atoms. The Hall–Kier alpha value is -3.15. The molecule has 26 heavy (non-hydrogen) atoms. The maximum absolute atomic E-state index is 12.3. The van der Waals surface area contributed by atoms with Gasteiger partial charge in [0, 0.05) is 24.1 Å². The first kappa shape index (κ1) is 17.7. The summed E-state index contributed by atoms with van der Waals surface area (Å²) in [5, 5.41) is 2.17. The van der Waals surface area contributed by atoms with Crippen molar-refractivity contribution in [2.45, 2.75) is 27.2 Å². The monoisotopic (exact) mass is 351 g/mol. The van der Waals surface area contributed by atoms with E-state index < -0.39 is 17.8 Å². The zero-order valence-electron chi connectivity index (χ0n) is 15.3. The highest BCUT2D eigenvalue weighted by atomic mass is 16.2. The summed E-state index contributed by atoms with van der Waals surface area (Å²) in [4.78, 5) is 36.7. The predicted octanol–water partition coefficient (Wildman–Crippen LogP) is 2.75. The topological polar surface area (TPSA) is 71.4 Å². The molecule has 6 nitrogen and oxygen atoms in total. The number of likely N-dealkylation sites (N-methyl/N-ethyl adjacent to an activating group) is 1. The number of imide groups is 2. The summed E-state index contributed by atoms with van der Waals surface area (Å²) in [6, 6.07) is 9.50. The van der Waals surface area contributed by atoms with Gasteiger partial charge in [0.1, 0.15) is 5.57 Å². The molecule has 1 fully saturated rings. The van der Waals surface area contributed by atoms with E-state index in [1.54, 1.807) is 6.08 Å². The zero-order chi connectivity index (χ0) is 19.0. The van der Waals surface area contributed by atoms with Crippen LogP contribution in [0.4, 0.5) is 4.79 Å². The number of nitrogens with one attached hydrogen (secondary N) is 1. The summed E-state index contributed by atoms with van der Waals surface area (Å²) in [7, 11) is 1.34. The van der Waals surface area contributed by atoms with Crippen LogP contribution in [0.2, 0.25) is 0 Å². The summed E-state index contributed by atoms with van der Waals surface area (Å²) in [5.74, 6) is -1.27. The normalized spacial score (nSPS) is 16.4. The van der Waals surface area contributed by atoms with Gasteiger partial charge in [-0.25, -0.2) is 4.79 Å². The van der Waals surface area contributed by atoms with Gasteiger partial charge in [-0.05, 0) is 55.7 Å². The Kier molecular flexibility index (Phi) is 4.50. The minimum atomic E-state index is -0.710. The first-order valence-corrected chi connectivity index (χ1v) is 8.46. The fourth-order valence-corrected chi connectivity index (χ4v) is 3.11. The molecule has 0 saturated carbocycles. The number of urea groups is 1. The third-order valence-corrected chi connectivity index (χ3v) is 4.68. The summed E-state index contributed by atoms with van der Waals surface area (Å²) >= 11 is 0. The Morgan fingerprint density at radius 2 is 1.73 bits per heavy atom. The quantitative estimate of drug-likeness (QED) is 0.683. The molecule has 1 aromatic heterocycles. The number of hydrogen-bond acceptors (Lipinski definition) is 3. The van der Waals surface area contributed by atoms with E-state index in [0.717, 1.165) is 34.0 Å². The van der Waals surface area contributed by atoms with Gasteiger partial charge >= 0.3 is 6.03 Å². The predicted molar refractivity (Wildman–Crippen MR) is 98.9 cm³/mol. The molecule has 6 heteroatoms. The molecule has 1 aromatic carbocycles. The minimum absolute atomic E-state index is 0.0475. The number of rotatable bonds is 3. The SMILES string of the molecule is CCc1ccc(-n2c(C)cc(/C=C3/C(=O)NC(=O)N(C)C3=O)c2C)cc1. The maximum atomic E-state index is 12.3. The van der Waals surface area contributed by atoms with Gasteiger partial charge in [-0.1, -0.05) is 19.1 Å². The van der Waals surface area contributed by atoms with Crippen LogP contribution < -0.4 is 5.32 Å². The molecular formula is C20H21N3O3. The molecule has 2 aromatic rings. The Bertz CT molecular complexity index is 936. The average molecular weight is 351 g/mol. The van der Waals surface area contributed by atoms with Gasteiger partial charge in [0.15, 0.2) is 0 Å². The van der Waals surface area contributed by atoms with Crippen LogP contribution in [0.25, 0.3) is 11.8 Å². The Balaban J connectivity index is 2.03. The zero-order valence-corrected chi connectivity index (χ0v) is 15.3. The smallest absolute Gasteiger partial charge is 0.318 e. The third-order valence-electron chi connectivity index (χ3n) is 4.68. The molecule has 1 aliphatic rings. The van der Waals surface area contributed by atoms with Crippen molar-refractivity contribution in [2.75, 3.05) is 7.05 Å². The van der Waals surface area contributed by atoms with E-state index in [0.29, 0.717) is 0 Å². The van der Waals surface area contributed by atoms with E-state index in [4.69, 9.17) is 0 Å². The maximum Gasteiger partial charge on any atom is 0.331 e. The van der Waals surface area contributed by atoms with Crippen LogP contribution in [0.1, 0.15) is 29.4 Å². The van der Waals surface area contributed by atoms with Gasteiger partial charge < -0.3 is 4.57 Å². The third kappa shape index (κ3) is 2.94. The van der Waals surface area contributed by atoms with Crippen LogP contribution in [-0.4, -0.2) is 34.4 Å². The van der Waals surface area contributed by atoms with Crippen molar-refractivity contribution in [3.63, 3.8) is 0 Å². The van der Waals surface area contributed by atoms with E-state index in [1.165, 1.54) is 12.6 Å². The van der Waals surface area contributed by atoms with E-state index in [-0.39, 0.29) is 5.57 Å². The molecule has 0 spiro atoms. The summed E-state index contributed by atoms with van der Waals surface area (Å²) < 4.78 is 2.08. The van der Waals surface area contributed by atoms with Crippen molar-refractivity contribution >= 4 is 23.9 Å². The fraction of sp³-hybridized carbons (Fsp3) is 0.250. The van der Waals surface area contributed by atoms with Crippen molar-refractivity contribution in [1.29, 1.82) is 0 Å². The molecule has 0 radical (unpaired) electrons. The number of aromatic nitrogens is 1. The van der Waals surface area contributed by atoms with Gasteiger partial charge in [-0.15, -0.1) is 0 Å². The second-order valence-electron chi connectivity index (χ2n) is 6.36. The van der Waals surface area contributed by atoms with Crippen molar-refractivity contribution in [3.05, 3.63) is 58.4 Å². The highest BCUT2D eigenvalue weighted by Crippen LogP contribution is 2.24. The molecule has 1 saturated heterocycles. The minimum Gasteiger partial charge on any atom is -0.318 e. The molecule has 134 valence electrons. The van der Waals surface area contributed by atoms with Crippen molar-refractivity contribution in [2.24, 2.45) is 0 Å². The highest BCUT2D eigenvalue weighted by molar-refractivity contribution is 6.30. The number of carbonyl (C=O) groups is 3. The number of benzene rings is 1. The van der Waals surface area contributed by atoms with Gasteiger partial charge in [0.25, 0.3) is 11.8 Å². The molecule has 1 aliphatic heterocycles. The second kappa shape index (κ2) is 6.63.